The van der Waals surface area contributed by atoms with E-state index in [4.69, 9.17) is 5.73 Å². The summed E-state index contributed by atoms with van der Waals surface area (Å²) in [4.78, 5) is 0. The monoisotopic (exact) mass is 285 g/mol. The molecule has 2 heteroatoms. The highest BCUT2D eigenvalue weighted by Crippen LogP contribution is 2.62. The summed E-state index contributed by atoms with van der Waals surface area (Å²) in [6, 6.07) is 0.182. The molecule has 6 atom stereocenters. The number of nitrogens with two attached hydrogens (primary N) is 1. The van der Waals surface area contributed by atoms with E-state index in [0.29, 0.717) is 11.8 Å². The van der Waals surface area contributed by atoms with E-state index in [2.05, 4.69) is 38.2 Å². The number of aliphatic hydroxyl groups is 1. The normalized spacial score (nSPS) is 51.6. The molecule has 0 aromatic carbocycles. The molecular weight excluding hydrogens is 258 g/mol. The fourth-order valence-electron chi connectivity index (χ4n) is 5.60. The highest BCUT2D eigenvalue weighted by Gasteiger charge is 2.55. The maximum Gasteiger partial charge on any atom is 0.0599 e. The van der Waals surface area contributed by atoms with Crippen molar-refractivity contribution in [2.75, 3.05) is 0 Å². The predicted octanol–water partition coefficient (Wildman–Crippen LogP) is 3.33. The summed E-state index contributed by atoms with van der Waals surface area (Å²) in [5, 5.41) is 10.4. The van der Waals surface area contributed by atoms with Crippen molar-refractivity contribution in [1.29, 1.82) is 0 Å². The molecule has 0 aliphatic heterocycles. The Bertz CT molecular complexity index is 560. The Kier molecular flexibility index (Phi) is 2.84. The summed E-state index contributed by atoms with van der Waals surface area (Å²) < 4.78 is 0. The van der Waals surface area contributed by atoms with Gasteiger partial charge in [-0.1, -0.05) is 49.3 Å². The lowest BCUT2D eigenvalue weighted by atomic mass is 9.52. The number of hydrogen-bond donors (Lipinski definition) is 2. The van der Waals surface area contributed by atoms with E-state index >= 15 is 0 Å². The third kappa shape index (κ3) is 1.72. The van der Waals surface area contributed by atoms with E-state index in [9.17, 15) is 5.11 Å². The molecule has 2 nitrogen and oxygen atoms in total. The van der Waals surface area contributed by atoms with Gasteiger partial charge >= 0.3 is 0 Å². The highest BCUT2D eigenvalue weighted by atomic mass is 16.3. The zero-order chi connectivity index (χ0) is 14.8. The molecule has 21 heavy (non-hydrogen) atoms. The molecule has 4 aliphatic rings. The van der Waals surface area contributed by atoms with Gasteiger partial charge in [0.05, 0.1) is 6.10 Å². The van der Waals surface area contributed by atoms with Crippen LogP contribution in [-0.2, 0) is 0 Å². The third-order valence-corrected chi connectivity index (χ3v) is 7.10. The zero-order valence-corrected chi connectivity index (χ0v) is 13.2. The average Bonchev–Trinajstić information content (AvgIpc) is 2.76. The summed E-state index contributed by atoms with van der Waals surface area (Å²) in [6.45, 7) is 4.70. The lowest BCUT2D eigenvalue weighted by Crippen LogP contribution is -2.46. The van der Waals surface area contributed by atoms with Crippen LogP contribution in [0.5, 0.6) is 0 Å². The maximum atomic E-state index is 10.4. The third-order valence-electron chi connectivity index (χ3n) is 7.10. The van der Waals surface area contributed by atoms with Gasteiger partial charge in [0, 0.05) is 16.9 Å². The van der Waals surface area contributed by atoms with Crippen LogP contribution in [-0.4, -0.2) is 17.3 Å². The Morgan fingerprint density at radius 1 is 1.14 bits per heavy atom. The van der Waals surface area contributed by atoms with Crippen molar-refractivity contribution in [1.82, 2.24) is 0 Å². The van der Waals surface area contributed by atoms with Gasteiger partial charge in [-0.25, -0.2) is 0 Å². The first-order valence-electron chi connectivity index (χ1n) is 8.49. The van der Waals surface area contributed by atoms with E-state index in [-0.39, 0.29) is 23.0 Å². The van der Waals surface area contributed by atoms with E-state index < -0.39 is 0 Å². The number of allylic oxidation sites excluding steroid dienone is 4. The van der Waals surface area contributed by atoms with Gasteiger partial charge in [0.1, 0.15) is 0 Å². The molecule has 0 amide bonds. The molecule has 2 saturated carbocycles. The summed E-state index contributed by atoms with van der Waals surface area (Å²) in [5.74, 6) is 1.19. The van der Waals surface area contributed by atoms with E-state index in [1.54, 1.807) is 5.57 Å². The number of rotatable bonds is 0. The number of hydrogen-bond acceptors (Lipinski definition) is 2. The van der Waals surface area contributed by atoms with Crippen molar-refractivity contribution in [3.05, 3.63) is 35.5 Å². The molecule has 0 saturated heterocycles. The molecule has 4 rings (SSSR count). The second-order valence-corrected chi connectivity index (χ2v) is 8.11. The Morgan fingerprint density at radius 3 is 2.76 bits per heavy atom. The Balaban J connectivity index is 1.77. The van der Waals surface area contributed by atoms with Crippen molar-refractivity contribution in [2.24, 2.45) is 28.4 Å². The lowest BCUT2D eigenvalue weighted by molar-refractivity contribution is 0.0133. The average molecular weight is 285 g/mol. The first-order valence-corrected chi connectivity index (χ1v) is 8.49. The van der Waals surface area contributed by atoms with Gasteiger partial charge in [-0.05, 0) is 43.9 Å². The van der Waals surface area contributed by atoms with Crippen LogP contribution in [0, 0.1) is 22.7 Å². The van der Waals surface area contributed by atoms with Gasteiger partial charge in [0.2, 0.25) is 0 Å². The molecule has 2 unspecified atom stereocenters. The van der Waals surface area contributed by atoms with Crippen molar-refractivity contribution in [3.63, 3.8) is 0 Å². The second kappa shape index (κ2) is 4.33. The van der Waals surface area contributed by atoms with Crippen molar-refractivity contribution in [3.8, 4) is 0 Å². The van der Waals surface area contributed by atoms with Crippen LogP contribution < -0.4 is 5.73 Å². The van der Waals surface area contributed by atoms with Crippen LogP contribution in [0.3, 0.4) is 0 Å². The van der Waals surface area contributed by atoms with Gasteiger partial charge in [0.15, 0.2) is 0 Å². The van der Waals surface area contributed by atoms with E-state index in [1.165, 1.54) is 12.0 Å². The summed E-state index contributed by atoms with van der Waals surface area (Å²) in [5.41, 5.74) is 9.49. The fraction of sp³-hybridized carbons (Fsp3) is 0.684. The van der Waals surface area contributed by atoms with Crippen LogP contribution in [0.15, 0.2) is 35.5 Å². The Hall–Kier alpha value is -0.860. The van der Waals surface area contributed by atoms with Crippen LogP contribution in [0.4, 0.5) is 0 Å². The minimum absolute atomic E-state index is 0.110. The zero-order valence-electron chi connectivity index (χ0n) is 13.2. The second-order valence-electron chi connectivity index (χ2n) is 8.11. The SMILES string of the molecule is C[C@]12C=CC(N)CC1=CC=C1[C@H]2CC[C@]2(C)C(O)CC[C@@H]12. The van der Waals surface area contributed by atoms with Crippen LogP contribution in [0.1, 0.15) is 46.0 Å². The minimum Gasteiger partial charge on any atom is -0.393 e. The standard InChI is InChI=1S/C19H27NO/c1-18-9-7-13(20)11-12(18)3-4-14-15-5-6-17(21)19(15,2)10-8-16(14)18/h3-4,7,9,13,15-17,21H,5-6,8,10-11,20H2,1-2H3/t13?,15-,16+,17?,18-,19-/m0/s1. The molecule has 0 heterocycles. The summed E-state index contributed by atoms with van der Waals surface area (Å²) >= 11 is 0. The lowest BCUT2D eigenvalue weighted by Gasteiger charge is -2.52. The van der Waals surface area contributed by atoms with Crippen LogP contribution >= 0.6 is 0 Å². The van der Waals surface area contributed by atoms with Gasteiger partial charge in [-0.2, -0.15) is 0 Å². The number of aliphatic hydroxyl groups excluding tert-OH is 1. The smallest absolute Gasteiger partial charge is 0.0599 e. The van der Waals surface area contributed by atoms with Crippen molar-refractivity contribution >= 4 is 0 Å². The molecule has 4 aliphatic carbocycles. The van der Waals surface area contributed by atoms with Gasteiger partial charge in [-0.3, -0.25) is 0 Å². The largest absolute Gasteiger partial charge is 0.393 e. The summed E-state index contributed by atoms with van der Waals surface area (Å²) in [6.07, 6.45) is 14.7. The Morgan fingerprint density at radius 2 is 1.95 bits per heavy atom. The molecule has 0 spiro atoms. The minimum atomic E-state index is -0.113. The predicted molar refractivity (Wildman–Crippen MR) is 85.6 cm³/mol. The first kappa shape index (κ1) is 13.8. The van der Waals surface area contributed by atoms with Gasteiger partial charge in [-0.15, -0.1) is 0 Å². The number of fused-ring (bicyclic) bond motifs is 5. The maximum absolute atomic E-state index is 10.4. The molecule has 2 fully saturated rings. The molecular formula is C19H27NO. The van der Waals surface area contributed by atoms with E-state index in [0.717, 1.165) is 25.7 Å². The van der Waals surface area contributed by atoms with Crippen molar-refractivity contribution < 1.29 is 5.11 Å². The molecule has 0 aromatic rings. The van der Waals surface area contributed by atoms with Gasteiger partial charge < -0.3 is 10.8 Å². The van der Waals surface area contributed by atoms with E-state index in [1.807, 2.05) is 0 Å². The molecule has 0 radical (unpaired) electrons. The van der Waals surface area contributed by atoms with Crippen LogP contribution in [0.2, 0.25) is 0 Å². The molecule has 0 aromatic heterocycles. The Labute approximate surface area is 127 Å². The fourth-order valence-corrected chi connectivity index (χ4v) is 5.60. The molecule has 0 bridgehead atoms. The highest BCUT2D eigenvalue weighted by molar-refractivity contribution is 5.43. The van der Waals surface area contributed by atoms with Crippen molar-refractivity contribution in [2.45, 2.75) is 58.1 Å². The summed E-state index contributed by atoms with van der Waals surface area (Å²) in [7, 11) is 0. The van der Waals surface area contributed by atoms with Crippen LogP contribution in [0.25, 0.3) is 0 Å². The quantitative estimate of drug-likeness (QED) is 0.671. The van der Waals surface area contributed by atoms with Gasteiger partial charge in [0.25, 0.3) is 0 Å². The molecule has 3 N–H and O–H groups in total. The first-order chi connectivity index (χ1) is 9.95. The molecule has 114 valence electrons. The topological polar surface area (TPSA) is 46.2 Å².